The number of rotatable bonds is 1. The van der Waals surface area contributed by atoms with E-state index >= 15 is 0 Å². The number of aromatic nitrogens is 2. The first-order valence-corrected chi connectivity index (χ1v) is 3.51. The molecule has 1 fully saturated rings. The first-order chi connectivity index (χ1) is 4.77. The van der Waals surface area contributed by atoms with Crippen LogP contribution in [0, 0.1) is 0 Å². The number of hydrogen-bond acceptors (Lipinski definition) is 2. The molecule has 12 heavy (non-hydrogen) atoms. The molecule has 5 heteroatoms. The molecule has 2 atom stereocenters. The van der Waals surface area contributed by atoms with Gasteiger partial charge >= 0.3 is 0 Å². The summed E-state index contributed by atoms with van der Waals surface area (Å²) in [6, 6.07) is 0.393. The second-order valence-corrected chi connectivity index (χ2v) is 2.95. The van der Waals surface area contributed by atoms with Crippen LogP contribution < -0.4 is 5.73 Å². The van der Waals surface area contributed by atoms with E-state index in [1.54, 1.807) is 0 Å². The van der Waals surface area contributed by atoms with Crippen LogP contribution in [0.25, 0.3) is 0 Å². The van der Waals surface area contributed by atoms with E-state index in [0.29, 0.717) is 12.0 Å². The Morgan fingerprint density at radius 1 is 1.58 bits per heavy atom. The molecule has 0 bridgehead atoms. The van der Waals surface area contributed by atoms with Gasteiger partial charge in [-0.2, -0.15) is 5.10 Å². The largest absolute Gasteiger partial charge is 0.327 e. The molecule has 0 aromatic carbocycles. The average Bonchev–Trinajstić information content (AvgIpc) is 2.42. The van der Waals surface area contributed by atoms with Crippen molar-refractivity contribution in [3.8, 4) is 0 Å². The average molecular weight is 210 g/mol. The highest BCUT2D eigenvalue weighted by molar-refractivity contribution is 5.85. The lowest BCUT2D eigenvalue weighted by Crippen LogP contribution is -2.00. The summed E-state index contributed by atoms with van der Waals surface area (Å²) in [5.41, 5.74) is 6.96. The zero-order chi connectivity index (χ0) is 7.14. The SMILES string of the molecule is Cl.Cl.Cn1cc(C2CC2N)cn1. The number of halogens is 2. The van der Waals surface area contributed by atoms with Crippen molar-refractivity contribution < 1.29 is 0 Å². The minimum Gasteiger partial charge on any atom is -0.327 e. The summed E-state index contributed by atoms with van der Waals surface area (Å²) in [4.78, 5) is 0. The maximum atomic E-state index is 5.67. The molecule has 1 aliphatic rings. The van der Waals surface area contributed by atoms with E-state index in [1.807, 2.05) is 24.1 Å². The molecular weight excluding hydrogens is 197 g/mol. The van der Waals surface area contributed by atoms with E-state index in [0.717, 1.165) is 6.42 Å². The quantitative estimate of drug-likeness (QED) is 0.753. The van der Waals surface area contributed by atoms with Gasteiger partial charge in [-0.1, -0.05) is 0 Å². The summed E-state index contributed by atoms with van der Waals surface area (Å²) in [5.74, 6) is 0.591. The van der Waals surface area contributed by atoms with Gasteiger partial charge in [-0.15, -0.1) is 24.8 Å². The van der Waals surface area contributed by atoms with Crippen LogP contribution in [0.4, 0.5) is 0 Å². The lowest BCUT2D eigenvalue weighted by atomic mass is 10.2. The van der Waals surface area contributed by atoms with Gasteiger partial charge in [0.15, 0.2) is 0 Å². The number of nitrogens with zero attached hydrogens (tertiary/aromatic N) is 2. The number of aryl methyl sites for hydroxylation is 1. The molecule has 0 radical (unpaired) electrons. The second-order valence-electron chi connectivity index (χ2n) is 2.95. The summed E-state index contributed by atoms with van der Waals surface area (Å²) < 4.78 is 1.82. The Morgan fingerprint density at radius 2 is 2.17 bits per heavy atom. The molecule has 1 aliphatic carbocycles. The van der Waals surface area contributed by atoms with Crippen LogP contribution in [0.15, 0.2) is 12.4 Å². The first-order valence-electron chi connectivity index (χ1n) is 3.51. The third kappa shape index (κ3) is 2.12. The third-order valence-corrected chi connectivity index (χ3v) is 1.99. The molecule has 1 saturated carbocycles. The maximum Gasteiger partial charge on any atom is 0.0525 e. The van der Waals surface area contributed by atoms with Crippen LogP contribution >= 0.6 is 24.8 Å². The fourth-order valence-corrected chi connectivity index (χ4v) is 1.23. The topological polar surface area (TPSA) is 43.8 Å². The van der Waals surface area contributed by atoms with Gasteiger partial charge in [-0.25, -0.2) is 0 Å². The molecule has 2 N–H and O–H groups in total. The van der Waals surface area contributed by atoms with E-state index in [4.69, 9.17) is 5.73 Å². The van der Waals surface area contributed by atoms with Crippen molar-refractivity contribution in [3.63, 3.8) is 0 Å². The van der Waals surface area contributed by atoms with Gasteiger partial charge in [0.25, 0.3) is 0 Å². The van der Waals surface area contributed by atoms with Crippen molar-refractivity contribution >= 4 is 24.8 Å². The molecular formula is C7H13Cl2N3. The molecule has 1 heterocycles. The van der Waals surface area contributed by atoms with E-state index in [2.05, 4.69) is 5.10 Å². The van der Waals surface area contributed by atoms with Crippen molar-refractivity contribution in [2.24, 2.45) is 12.8 Å². The van der Waals surface area contributed by atoms with Gasteiger partial charge in [0.1, 0.15) is 0 Å². The van der Waals surface area contributed by atoms with Gasteiger partial charge in [-0.3, -0.25) is 4.68 Å². The smallest absolute Gasteiger partial charge is 0.0525 e. The van der Waals surface area contributed by atoms with Gasteiger partial charge in [0.05, 0.1) is 6.20 Å². The van der Waals surface area contributed by atoms with E-state index < -0.39 is 0 Å². The zero-order valence-corrected chi connectivity index (χ0v) is 8.44. The fourth-order valence-electron chi connectivity index (χ4n) is 1.23. The Kier molecular flexibility index (Phi) is 4.03. The third-order valence-electron chi connectivity index (χ3n) is 1.99. The van der Waals surface area contributed by atoms with Crippen LogP contribution in [-0.4, -0.2) is 15.8 Å². The monoisotopic (exact) mass is 209 g/mol. The summed E-state index contributed by atoms with van der Waals surface area (Å²) in [6.07, 6.45) is 5.07. The minimum atomic E-state index is 0. The van der Waals surface area contributed by atoms with Crippen LogP contribution in [0.2, 0.25) is 0 Å². The lowest BCUT2D eigenvalue weighted by Gasteiger charge is -1.86. The maximum absolute atomic E-state index is 5.67. The molecule has 2 rings (SSSR count). The molecule has 2 unspecified atom stereocenters. The van der Waals surface area contributed by atoms with Crippen LogP contribution in [0.1, 0.15) is 17.9 Å². The fraction of sp³-hybridized carbons (Fsp3) is 0.571. The molecule has 0 spiro atoms. The summed E-state index contributed by atoms with van der Waals surface area (Å²) in [7, 11) is 1.93. The zero-order valence-electron chi connectivity index (χ0n) is 6.80. The predicted octanol–water partition coefficient (Wildman–Crippen LogP) is 1.08. The molecule has 0 aliphatic heterocycles. The van der Waals surface area contributed by atoms with Crippen molar-refractivity contribution in [1.82, 2.24) is 9.78 Å². The standard InChI is InChI=1S/C7H11N3.2ClH/c1-10-4-5(3-9-10)6-2-7(6)8;;/h3-4,6-7H,2,8H2,1H3;2*1H. The van der Waals surface area contributed by atoms with E-state index in [1.165, 1.54) is 5.56 Å². The highest BCUT2D eigenvalue weighted by Crippen LogP contribution is 2.38. The van der Waals surface area contributed by atoms with Gasteiger partial charge in [0, 0.05) is 25.2 Å². The van der Waals surface area contributed by atoms with E-state index in [-0.39, 0.29) is 24.8 Å². The van der Waals surface area contributed by atoms with Crippen LogP contribution in [-0.2, 0) is 7.05 Å². The van der Waals surface area contributed by atoms with Crippen LogP contribution in [0.3, 0.4) is 0 Å². The van der Waals surface area contributed by atoms with Crippen LogP contribution in [0.5, 0.6) is 0 Å². The first kappa shape index (κ1) is 11.8. The molecule has 1 aromatic rings. The normalized spacial score (nSPS) is 25.5. The van der Waals surface area contributed by atoms with Crippen molar-refractivity contribution in [1.29, 1.82) is 0 Å². The Hall–Kier alpha value is -0.250. The number of nitrogens with two attached hydrogens (primary N) is 1. The minimum absolute atomic E-state index is 0. The molecule has 3 nitrogen and oxygen atoms in total. The molecule has 1 aromatic heterocycles. The highest BCUT2D eigenvalue weighted by atomic mass is 35.5. The second kappa shape index (κ2) is 4.12. The van der Waals surface area contributed by atoms with Gasteiger partial charge in [0.2, 0.25) is 0 Å². The Bertz CT molecular complexity index is 249. The van der Waals surface area contributed by atoms with Gasteiger partial charge in [-0.05, 0) is 12.0 Å². The van der Waals surface area contributed by atoms with Crippen molar-refractivity contribution in [2.75, 3.05) is 0 Å². The Labute approximate surface area is 84.1 Å². The van der Waals surface area contributed by atoms with Crippen molar-refractivity contribution in [2.45, 2.75) is 18.4 Å². The Balaban J connectivity index is 0.000000605. The summed E-state index contributed by atoms with van der Waals surface area (Å²) >= 11 is 0. The predicted molar refractivity (Wildman–Crippen MR) is 53.0 cm³/mol. The van der Waals surface area contributed by atoms with E-state index in [9.17, 15) is 0 Å². The number of hydrogen-bond donors (Lipinski definition) is 1. The molecule has 70 valence electrons. The van der Waals surface area contributed by atoms with Crippen molar-refractivity contribution in [3.05, 3.63) is 18.0 Å². The van der Waals surface area contributed by atoms with Gasteiger partial charge < -0.3 is 5.73 Å². The molecule has 0 amide bonds. The summed E-state index contributed by atoms with van der Waals surface area (Å²) in [6.45, 7) is 0. The Morgan fingerprint density at radius 3 is 2.50 bits per heavy atom. The highest BCUT2D eigenvalue weighted by Gasteiger charge is 2.35. The lowest BCUT2D eigenvalue weighted by molar-refractivity contribution is 0.766. The summed E-state index contributed by atoms with van der Waals surface area (Å²) in [5, 5.41) is 4.07. The molecule has 0 saturated heterocycles.